The van der Waals surface area contributed by atoms with Gasteiger partial charge in [0.1, 0.15) is 0 Å². The molecule has 2 rings (SSSR count). The lowest BCUT2D eigenvalue weighted by Gasteiger charge is -2.32. The third-order valence-corrected chi connectivity index (χ3v) is 3.89. The van der Waals surface area contributed by atoms with Gasteiger partial charge in [-0.1, -0.05) is 6.42 Å². The smallest absolute Gasteiger partial charge is 0.226 e. The zero-order valence-corrected chi connectivity index (χ0v) is 11.7. The van der Waals surface area contributed by atoms with Crippen molar-refractivity contribution in [3.8, 4) is 0 Å². The lowest BCUT2D eigenvalue weighted by Crippen LogP contribution is -2.41. The van der Waals surface area contributed by atoms with Crippen molar-refractivity contribution in [1.29, 1.82) is 0 Å². The lowest BCUT2D eigenvalue weighted by atomic mass is 10.0. The van der Waals surface area contributed by atoms with Crippen LogP contribution in [-0.4, -0.2) is 29.1 Å². The van der Waals surface area contributed by atoms with Gasteiger partial charge in [-0.25, -0.2) is 9.97 Å². The van der Waals surface area contributed by atoms with Gasteiger partial charge in [-0.05, 0) is 52.1 Å². The quantitative estimate of drug-likeness (QED) is 0.886. The summed E-state index contributed by atoms with van der Waals surface area (Å²) in [4.78, 5) is 11.5. The maximum absolute atomic E-state index is 5.89. The molecule has 2 N–H and O–H groups in total. The van der Waals surface area contributed by atoms with Gasteiger partial charge in [-0.3, -0.25) is 0 Å². The number of anilines is 1. The highest BCUT2D eigenvalue weighted by molar-refractivity contribution is 5.34. The van der Waals surface area contributed by atoms with Crippen LogP contribution in [0, 0.1) is 19.8 Å². The summed E-state index contributed by atoms with van der Waals surface area (Å²) in [6.07, 6.45) is 3.72. The molecule has 2 unspecified atom stereocenters. The first-order valence-electron chi connectivity index (χ1n) is 6.94. The molecule has 1 heterocycles. The minimum Gasteiger partial charge on any atom is -0.338 e. The standard InChI is InChI=1S/C14H24N4/c1-4-18(13-7-5-6-12(13)9-15)14-16-10(2)8-11(3)17-14/h8,12-13H,4-7,9,15H2,1-3H3. The van der Waals surface area contributed by atoms with Gasteiger partial charge in [0.2, 0.25) is 5.95 Å². The number of hydrogen-bond donors (Lipinski definition) is 1. The van der Waals surface area contributed by atoms with E-state index < -0.39 is 0 Å². The largest absolute Gasteiger partial charge is 0.338 e. The fourth-order valence-corrected chi connectivity index (χ4v) is 3.06. The average Bonchev–Trinajstić information content (AvgIpc) is 2.77. The molecule has 0 saturated heterocycles. The van der Waals surface area contributed by atoms with Crippen molar-refractivity contribution in [2.45, 2.75) is 46.1 Å². The Morgan fingerprint density at radius 2 is 1.94 bits per heavy atom. The molecule has 1 aromatic rings. The number of nitrogens with zero attached hydrogens (tertiary/aromatic N) is 3. The van der Waals surface area contributed by atoms with Crippen molar-refractivity contribution in [2.24, 2.45) is 11.7 Å². The Morgan fingerprint density at radius 1 is 1.28 bits per heavy atom. The first-order valence-corrected chi connectivity index (χ1v) is 6.94. The Bertz CT molecular complexity index is 385. The first-order chi connectivity index (χ1) is 8.65. The molecule has 1 saturated carbocycles. The second-order valence-electron chi connectivity index (χ2n) is 5.23. The molecule has 1 aliphatic carbocycles. The second kappa shape index (κ2) is 5.65. The molecular weight excluding hydrogens is 224 g/mol. The molecule has 0 bridgehead atoms. The van der Waals surface area contributed by atoms with Gasteiger partial charge in [0.25, 0.3) is 0 Å². The van der Waals surface area contributed by atoms with Crippen molar-refractivity contribution in [3.05, 3.63) is 17.5 Å². The molecule has 0 radical (unpaired) electrons. The van der Waals surface area contributed by atoms with Gasteiger partial charge >= 0.3 is 0 Å². The van der Waals surface area contributed by atoms with E-state index in [4.69, 9.17) is 5.73 Å². The maximum Gasteiger partial charge on any atom is 0.226 e. The van der Waals surface area contributed by atoms with Crippen LogP contribution >= 0.6 is 0 Å². The van der Waals surface area contributed by atoms with Crippen LogP contribution in [0.5, 0.6) is 0 Å². The Balaban J connectivity index is 2.27. The molecule has 4 heteroatoms. The molecule has 0 spiro atoms. The summed E-state index contributed by atoms with van der Waals surface area (Å²) in [5.41, 5.74) is 7.97. The van der Waals surface area contributed by atoms with Crippen molar-refractivity contribution < 1.29 is 0 Å². The third-order valence-electron chi connectivity index (χ3n) is 3.89. The van der Waals surface area contributed by atoms with E-state index in [9.17, 15) is 0 Å². The first kappa shape index (κ1) is 13.3. The van der Waals surface area contributed by atoms with Crippen LogP contribution in [0.4, 0.5) is 5.95 Å². The second-order valence-corrected chi connectivity index (χ2v) is 5.23. The van der Waals surface area contributed by atoms with E-state index in [1.54, 1.807) is 0 Å². The van der Waals surface area contributed by atoms with Crippen LogP contribution in [-0.2, 0) is 0 Å². The molecule has 1 aliphatic rings. The number of aromatic nitrogens is 2. The van der Waals surface area contributed by atoms with E-state index >= 15 is 0 Å². The normalized spacial score (nSPS) is 23.3. The summed E-state index contributed by atoms with van der Waals surface area (Å²) >= 11 is 0. The van der Waals surface area contributed by atoms with Crippen molar-refractivity contribution >= 4 is 5.95 Å². The lowest BCUT2D eigenvalue weighted by molar-refractivity contribution is 0.456. The molecule has 0 amide bonds. The summed E-state index contributed by atoms with van der Waals surface area (Å²) in [7, 11) is 0. The summed E-state index contributed by atoms with van der Waals surface area (Å²) in [6, 6.07) is 2.54. The monoisotopic (exact) mass is 248 g/mol. The molecule has 0 aliphatic heterocycles. The van der Waals surface area contributed by atoms with Gasteiger partial charge in [0.15, 0.2) is 0 Å². The number of aryl methyl sites for hydroxylation is 2. The van der Waals surface area contributed by atoms with Gasteiger partial charge in [-0.2, -0.15) is 0 Å². The van der Waals surface area contributed by atoms with E-state index in [1.165, 1.54) is 19.3 Å². The molecular formula is C14H24N4. The zero-order chi connectivity index (χ0) is 13.1. The molecule has 0 aromatic carbocycles. The molecule has 1 fully saturated rings. The predicted molar refractivity (Wildman–Crippen MR) is 74.7 cm³/mol. The van der Waals surface area contributed by atoms with Crippen LogP contribution in [0.15, 0.2) is 6.07 Å². The Kier molecular flexibility index (Phi) is 4.17. The summed E-state index contributed by atoms with van der Waals surface area (Å²) in [5, 5.41) is 0. The Hall–Kier alpha value is -1.16. The van der Waals surface area contributed by atoms with E-state index in [-0.39, 0.29) is 0 Å². The minimum absolute atomic E-state index is 0.515. The summed E-state index contributed by atoms with van der Waals surface area (Å²) < 4.78 is 0. The molecule has 1 aromatic heterocycles. The zero-order valence-electron chi connectivity index (χ0n) is 11.7. The summed E-state index contributed by atoms with van der Waals surface area (Å²) in [6.45, 7) is 7.95. The van der Waals surface area contributed by atoms with Gasteiger partial charge in [-0.15, -0.1) is 0 Å². The van der Waals surface area contributed by atoms with E-state index in [1.807, 2.05) is 19.9 Å². The SMILES string of the molecule is CCN(c1nc(C)cc(C)n1)C1CCCC1CN. The van der Waals surface area contributed by atoms with E-state index in [0.717, 1.165) is 30.4 Å². The predicted octanol–water partition coefficient (Wildman–Crippen LogP) is 2.05. The summed E-state index contributed by atoms with van der Waals surface area (Å²) in [5.74, 6) is 1.47. The highest BCUT2D eigenvalue weighted by Crippen LogP contribution is 2.31. The molecule has 18 heavy (non-hydrogen) atoms. The van der Waals surface area contributed by atoms with Crippen molar-refractivity contribution in [3.63, 3.8) is 0 Å². The molecule has 2 atom stereocenters. The number of rotatable bonds is 4. The highest BCUT2D eigenvalue weighted by atomic mass is 15.3. The van der Waals surface area contributed by atoms with Crippen molar-refractivity contribution in [1.82, 2.24) is 9.97 Å². The third kappa shape index (κ3) is 2.64. The van der Waals surface area contributed by atoms with E-state index in [2.05, 4.69) is 21.8 Å². The number of hydrogen-bond acceptors (Lipinski definition) is 4. The highest BCUT2D eigenvalue weighted by Gasteiger charge is 2.31. The van der Waals surface area contributed by atoms with Crippen molar-refractivity contribution in [2.75, 3.05) is 18.0 Å². The molecule has 100 valence electrons. The maximum atomic E-state index is 5.89. The van der Waals surface area contributed by atoms with Gasteiger partial charge in [0, 0.05) is 24.0 Å². The van der Waals surface area contributed by atoms with Crippen LogP contribution in [0.25, 0.3) is 0 Å². The molecule has 4 nitrogen and oxygen atoms in total. The fraction of sp³-hybridized carbons (Fsp3) is 0.714. The average molecular weight is 248 g/mol. The van der Waals surface area contributed by atoms with Crippen LogP contribution in [0.2, 0.25) is 0 Å². The van der Waals surface area contributed by atoms with E-state index in [0.29, 0.717) is 12.0 Å². The number of nitrogens with two attached hydrogens (primary N) is 1. The van der Waals surface area contributed by atoms with Gasteiger partial charge in [0.05, 0.1) is 0 Å². The van der Waals surface area contributed by atoms with Crippen LogP contribution in [0.3, 0.4) is 0 Å². The fourth-order valence-electron chi connectivity index (χ4n) is 3.06. The van der Waals surface area contributed by atoms with Crippen LogP contribution in [0.1, 0.15) is 37.6 Å². The Morgan fingerprint density at radius 3 is 2.50 bits per heavy atom. The van der Waals surface area contributed by atoms with Gasteiger partial charge < -0.3 is 10.6 Å². The minimum atomic E-state index is 0.515. The van der Waals surface area contributed by atoms with Crippen LogP contribution < -0.4 is 10.6 Å². The Labute approximate surface area is 110 Å². The topological polar surface area (TPSA) is 55.0 Å².